The average Bonchev–Trinajstić information content (AvgIpc) is 2.84. The standard InChI is InChI=1S/C12H14ClN3O2S/c13-6-9-19(17,18)15-12-4-2-11(3-5-12)10-16-8-1-7-14-16/h1-5,7-8,15H,6,9-10H2. The van der Waals surface area contributed by atoms with Crippen molar-refractivity contribution in [1.82, 2.24) is 9.78 Å². The summed E-state index contributed by atoms with van der Waals surface area (Å²) in [7, 11) is -3.35. The maximum atomic E-state index is 11.5. The molecule has 0 atom stereocenters. The van der Waals surface area contributed by atoms with Crippen molar-refractivity contribution in [3.05, 3.63) is 48.3 Å². The van der Waals surface area contributed by atoms with Gasteiger partial charge in [0, 0.05) is 24.0 Å². The molecule has 0 amide bonds. The van der Waals surface area contributed by atoms with Gasteiger partial charge in [0.25, 0.3) is 0 Å². The normalized spacial score (nSPS) is 11.4. The fourth-order valence-electron chi connectivity index (χ4n) is 1.59. The zero-order valence-electron chi connectivity index (χ0n) is 10.2. The lowest BCUT2D eigenvalue weighted by atomic mass is 10.2. The van der Waals surface area contributed by atoms with E-state index in [9.17, 15) is 8.42 Å². The average molecular weight is 300 g/mol. The van der Waals surface area contributed by atoms with Gasteiger partial charge >= 0.3 is 0 Å². The van der Waals surface area contributed by atoms with Crippen molar-refractivity contribution < 1.29 is 8.42 Å². The molecule has 1 aromatic heterocycles. The molecule has 0 fully saturated rings. The smallest absolute Gasteiger partial charge is 0.233 e. The zero-order valence-corrected chi connectivity index (χ0v) is 11.7. The van der Waals surface area contributed by atoms with Gasteiger partial charge in [-0.25, -0.2) is 8.42 Å². The van der Waals surface area contributed by atoms with Gasteiger partial charge in [-0.05, 0) is 23.8 Å². The Morgan fingerprint density at radius 2 is 2.00 bits per heavy atom. The third-order valence-corrected chi connectivity index (χ3v) is 4.18. The van der Waals surface area contributed by atoms with Crippen LogP contribution in [0, 0.1) is 0 Å². The minimum atomic E-state index is -3.35. The second-order valence-corrected chi connectivity index (χ2v) is 6.23. The quantitative estimate of drug-likeness (QED) is 0.829. The molecule has 102 valence electrons. The minimum Gasteiger partial charge on any atom is -0.284 e. The summed E-state index contributed by atoms with van der Waals surface area (Å²) < 4.78 is 27.3. The molecule has 0 saturated heterocycles. The summed E-state index contributed by atoms with van der Waals surface area (Å²) in [6, 6.07) is 9.03. The molecule has 2 rings (SSSR count). The molecule has 0 aliphatic carbocycles. The number of hydrogen-bond donors (Lipinski definition) is 1. The first kappa shape index (κ1) is 13.9. The van der Waals surface area contributed by atoms with Crippen LogP contribution in [0.4, 0.5) is 5.69 Å². The number of halogens is 1. The number of alkyl halides is 1. The summed E-state index contributed by atoms with van der Waals surface area (Å²) in [4.78, 5) is 0. The molecule has 0 spiro atoms. The SMILES string of the molecule is O=S(=O)(CCCl)Nc1ccc(Cn2cccn2)cc1. The van der Waals surface area contributed by atoms with Crippen LogP contribution in [0.2, 0.25) is 0 Å². The topological polar surface area (TPSA) is 64.0 Å². The minimum absolute atomic E-state index is 0.0761. The number of anilines is 1. The maximum Gasteiger partial charge on any atom is 0.233 e. The Kier molecular flexibility index (Phi) is 4.44. The van der Waals surface area contributed by atoms with Crippen LogP contribution in [0.1, 0.15) is 5.56 Å². The van der Waals surface area contributed by atoms with Crippen molar-refractivity contribution in [1.29, 1.82) is 0 Å². The van der Waals surface area contributed by atoms with Crippen LogP contribution in [-0.4, -0.2) is 29.8 Å². The van der Waals surface area contributed by atoms with Crippen LogP contribution in [0.5, 0.6) is 0 Å². The van der Waals surface area contributed by atoms with Crippen LogP contribution in [0.3, 0.4) is 0 Å². The summed E-state index contributed by atoms with van der Waals surface area (Å²) >= 11 is 5.43. The molecule has 0 bridgehead atoms. The van der Waals surface area contributed by atoms with Gasteiger partial charge in [-0.1, -0.05) is 12.1 Å². The van der Waals surface area contributed by atoms with Crippen molar-refractivity contribution >= 4 is 27.3 Å². The van der Waals surface area contributed by atoms with Gasteiger partial charge in [-0.15, -0.1) is 11.6 Å². The highest BCUT2D eigenvalue weighted by Gasteiger charge is 2.08. The second-order valence-electron chi connectivity index (χ2n) is 4.01. The maximum absolute atomic E-state index is 11.5. The molecule has 7 heteroatoms. The van der Waals surface area contributed by atoms with E-state index in [-0.39, 0.29) is 11.6 Å². The molecule has 5 nitrogen and oxygen atoms in total. The fraction of sp³-hybridized carbons (Fsp3) is 0.250. The van der Waals surface area contributed by atoms with Crippen molar-refractivity contribution in [2.24, 2.45) is 0 Å². The number of aromatic nitrogens is 2. The van der Waals surface area contributed by atoms with Crippen molar-refractivity contribution in [3.8, 4) is 0 Å². The molecule has 1 aromatic carbocycles. The monoisotopic (exact) mass is 299 g/mol. The number of nitrogens with one attached hydrogen (secondary N) is 1. The third kappa shape index (κ3) is 4.25. The molecule has 2 aromatic rings. The van der Waals surface area contributed by atoms with E-state index in [4.69, 9.17) is 11.6 Å². The highest BCUT2D eigenvalue weighted by Crippen LogP contribution is 2.12. The number of nitrogens with zero attached hydrogens (tertiary/aromatic N) is 2. The van der Waals surface area contributed by atoms with Crippen LogP contribution < -0.4 is 4.72 Å². The molecule has 1 heterocycles. The molecular weight excluding hydrogens is 286 g/mol. The van der Waals surface area contributed by atoms with E-state index in [2.05, 4.69) is 9.82 Å². The van der Waals surface area contributed by atoms with Gasteiger partial charge in [0.1, 0.15) is 0 Å². The lowest BCUT2D eigenvalue weighted by Crippen LogP contribution is -2.17. The zero-order chi connectivity index (χ0) is 13.7. The Labute approximate surface area is 117 Å². The second kappa shape index (κ2) is 6.08. The Hall–Kier alpha value is -1.53. The highest BCUT2D eigenvalue weighted by molar-refractivity contribution is 7.92. The Morgan fingerprint density at radius 1 is 1.26 bits per heavy atom. The Bertz CT molecular complexity index is 609. The molecule has 0 radical (unpaired) electrons. The molecule has 0 saturated carbocycles. The first-order chi connectivity index (χ1) is 9.09. The Balaban J connectivity index is 2.02. The summed E-state index contributed by atoms with van der Waals surface area (Å²) in [6.45, 7) is 0.654. The van der Waals surface area contributed by atoms with Gasteiger partial charge in [-0.3, -0.25) is 9.40 Å². The first-order valence-electron chi connectivity index (χ1n) is 5.72. The number of hydrogen-bond acceptors (Lipinski definition) is 3. The van der Waals surface area contributed by atoms with E-state index in [0.717, 1.165) is 5.56 Å². The van der Waals surface area contributed by atoms with E-state index in [0.29, 0.717) is 12.2 Å². The highest BCUT2D eigenvalue weighted by atomic mass is 35.5. The molecule has 0 aliphatic heterocycles. The summed E-state index contributed by atoms with van der Waals surface area (Å²) in [5.41, 5.74) is 1.58. The fourth-order valence-corrected chi connectivity index (χ4v) is 3.00. The van der Waals surface area contributed by atoms with Crippen molar-refractivity contribution in [2.45, 2.75) is 6.54 Å². The summed E-state index contributed by atoms with van der Waals surface area (Å²) in [5.74, 6) is -0.0175. The van der Waals surface area contributed by atoms with E-state index >= 15 is 0 Å². The van der Waals surface area contributed by atoms with Gasteiger partial charge in [0.15, 0.2) is 0 Å². The van der Waals surface area contributed by atoms with Crippen LogP contribution >= 0.6 is 11.6 Å². The molecule has 1 N–H and O–H groups in total. The molecular formula is C12H14ClN3O2S. The third-order valence-electron chi connectivity index (χ3n) is 2.48. The lowest BCUT2D eigenvalue weighted by molar-refractivity contribution is 0.602. The van der Waals surface area contributed by atoms with E-state index in [1.807, 2.05) is 24.4 Å². The number of sulfonamides is 1. The van der Waals surface area contributed by atoms with Gasteiger partial charge in [-0.2, -0.15) is 5.10 Å². The van der Waals surface area contributed by atoms with Gasteiger partial charge < -0.3 is 0 Å². The largest absolute Gasteiger partial charge is 0.284 e. The lowest BCUT2D eigenvalue weighted by Gasteiger charge is -2.07. The summed E-state index contributed by atoms with van der Waals surface area (Å²) in [5, 5.41) is 4.11. The summed E-state index contributed by atoms with van der Waals surface area (Å²) in [6.07, 6.45) is 3.59. The van der Waals surface area contributed by atoms with E-state index in [1.54, 1.807) is 23.0 Å². The van der Waals surface area contributed by atoms with Crippen LogP contribution in [-0.2, 0) is 16.6 Å². The molecule has 0 unspecified atom stereocenters. The van der Waals surface area contributed by atoms with Crippen LogP contribution in [0.25, 0.3) is 0 Å². The number of benzene rings is 1. The van der Waals surface area contributed by atoms with Gasteiger partial charge in [0.05, 0.1) is 12.3 Å². The predicted octanol–water partition coefficient (Wildman–Crippen LogP) is 1.91. The Morgan fingerprint density at radius 3 is 2.58 bits per heavy atom. The molecule has 0 aliphatic rings. The van der Waals surface area contributed by atoms with E-state index in [1.165, 1.54) is 0 Å². The number of rotatable bonds is 6. The first-order valence-corrected chi connectivity index (χ1v) is 7.90. The van der Waals surface area contributed by atoms with E-state index < -0.39 is 10.0 Å². The van der Waals surface area contributed by atoms with Crippen molar-refractivity contribution in [3.63, 3.8) is 0 Å². The van der Waals surface area contributed by atoms with Crippen LogP contribution in [0.15, 0.2) is 42.7 Å². The predicted molar refractivity (Wildman–Crippen MR) is 75.9 cm³/mol. The molecule has 19 heavy (non-hydrogen) atoms. The van der Waals surface area contributed by atoms with Crippen molar-refractivity contribution in [2.75, 3.05) is 16.4 Å². The van der Waals surface area contributed by atoms with Gasteiger partial charge in [0.2, 0.25) is 10.0 Å².